The molecule has 1 aliphatic heterocycles. The van der Waals surface area contributed by atoms with Gasteiger partial charge in [0, 0.05) is 44.0 Å². The van der Waals surface area contributed by atoms with Crippen LogP contribution in [-0.2, 0) is 0 Å². The standard InChI is InChI=1S/C23H32N2O6/c1-27-19-7-5-17(6-8-19)24-9-11-25(12-10-24)18(15-26)16-31-20-13-21(28-2)23(30-4)22(14-20)29-3/h5-8,13-14,18,26H,9-12,15-16H2,1-4H3. The van der Waals surface area contributed by atoms with Gasteiger partial charge in [-0.3, -0.25) is 4.90 Å². The van der Waals surface area contributed by atoms with E-state index < -0.39 is 0 Å². The van der Waals surface area contributed by atoms with Crippen LogP contribution in [0, 0.1) is 0 Å². The summed E-state index contributed by atoms with van der Waals surface area (Å²) in [5.41, 5.74) is 1.18. The van der Waals surface area contributed by atoms with Crippen molar-refractivity contribution in [1.29, 1.82) is 0 Å². The number of nitrogens with zero attached hydrogens (tertiary/aromatic N) is 2. The number of hydrogen-bond acceptors (Lipinski definition) is 8. The fraction of sp³-hybridized carbons (Fsp3) is 0.478. The molecule has 0 radical (unpaired) electrons. The van der Waals surface area contributed by atoms with E-state index in [1.54, 1.807) is 40.6 Å². The van der Waals surface area contributed by atoms with Crippen molar-refractivity contribution in [3.05, 3.63) is 36.4 Å². The van der Waals surface area contributed by atoms with Crippen LogP contribution in [0.2, 0.25) is 0 Å². The van der Waals surface area contributed by atoms with Gasteiger partial charge in [-0.2, -0.15) is 0 Å². The predicted molar refractivity (Wildman–Crippen MR) is 119 cm³/mol. The highest BCUT2D eigenvalue weighted by molar-refractivity contribution is 5.56. The third-order valence-corrected chi connectivity index (χ3v) is 5.56. The van der Waals surface area contributed by atoms with E-state index in [0.29, 0.717) is 29.6 Å². The summed E-state index contributed by atoms with van der Waals surface area (Å²) in [6.07, 6.45) is 0. The first-order valence-corrected chi connectivity index (χ1v) is 10.3. The minimum absolute atomic E-state index is 0.0208. The average molecular weight is 433 g/mol. The van der Waals surface area contributed by atoms with Gasteiger partial charge in [-0.15, -0.1) is 0 Å². The maximum absolute atomic E-state index is 9.96. The highest BCUT2D eigenvalue weighted by Crippen LogP contribution is 2.40. The third-order valence-electron chi connectivity index (χ3n) is 5.56. The lowest BCUT2D eigenvalue weighted by Crippen LogP contribution is -2.53. The molecule has 1 heterocycles. The molecule has 8 nitrogen and oxygen atoms in total. The topological polar surface area (TPSA) is 72.9 Å². The van der Waals surface area contributed by atoms with Crippen molar-refractivity contribution in [3.63, 3.8) is 0 Å². The molecule has 0 aliphatic carbocycles. The number of benzene rings is 2. The number of aliphatic hydroxyl groups excluding tert-OH is 1. The van der Waals surface area contributed by atoms with Crippen LogP contribution in [0.25, 0.3) is 0 Å². The van der Waals surface area contributed by atoms with Gasteiger partial charge in [0.15, 0.2) is 11.5 Å². The summed E-state index contributed by atoms with van der Waals surface area (Å²) < 4.78 is 27.3. The van der Waals surface area contributed by atoms with E-state index in [1.807, 2.05) is 12.1 Å². The zero-order valence-electron chi connectivity index (χ0n) is 18.7. The van der Waals surface area contributed by atoms with Gasteiger partial charge in [-0.05, 0) is 24.3 Å². The van der Waals surface area contributed by atoms with Crippen molar-refractivity contribution in [3.8, 4) is 28.7 Å². The third kappa shape index (κ3) is 5.45. The molecule has 0 aromatic heterocycles. The Balaban J connectivity index is 1.58. The lowest BCUT2D eigenvalue weighted by molar-refractivity contribution is 0.0778. The summed E-state index contributed by atoms with van der Waals surface area (Å²) in [6, 6.07) is 11.5. The number of ether oxygens (including phenoxy) is 5. The van der Waals surface area contributed by atoms with Crippen molar-refractivity contribution in [2.24, 2.45) is 0 Å². The molecule has 2 aromatic rings. The van der Waals surface area contributed by atoms with Crippen LogP contribution >= 0.6 is 0 Å². The van der Waals surface area contributed by atoms with Gasteiger partial charge in [0.05, 0.1) is 41.1 Å². The van der Waals surface area contributed by atoms with Crippen molar-refractivity contribution in [1.82, 2.24) is 4.90 Å². The van der Waals surface area contributed by atoms with E-state index in [0.717, 1.165) is 31.9 Å². The molecular formula is C23H32N2O6. The Hall–Kier alpha value is -2.84. The second-order valence-electron chi connectivity index (χ2n) is 7.23. The van der Waals surface area contributed by atoms with Gasteiger partial charge in [0.25, 0.3) is 0 Å². The zero-order chi connectivity index (χ0) is 22.2. The van der Waals surface area contributed by atoms with Crippen LogP contribution in [0.5, 0.6) is 28.7 Å². The molecule has 1 aliphatic rings. The molecule has 0 saturated carbocycles. The van der Waals surface area contributed by atoms with Crippen LogP contribution in [-0.4, -0.2) is 83.9 Å². The molecule has 0 amide bonds. The van der Waals surface area contributed by atoms with Gasteiger partial charge in [-0.1, -0.05) is 0 Å². The molecule has 1 unspecified atom stereocenters. The molecule has 170 valence electrons. The number of hydrogen-bond donors (Lipinski definition) is 1. The Bertz CT molecular complexity index is 796. The number of methoxy groups -OCH3 is 4. The monoisotopic (exact) mass is 432 g/mol. The molecule has 3 rings (SSSR count). The summed E-state index contributed by atoms with van der Waals surface area (Å²) in [5, 5.41) is 9.96. The first kappa shape index (κ1) is 22.8. The van der Waals surface area contributed by atoms with Gasteiger partial charge < -0.3 is 33.7 Å². The summed E-state index contributed by atoms with van der Waals surface area (Å²) in [6.45, 7) is 3.83. The van der Waals surface area contributed by atoms with Crippen molar-refractivity contribution < 1.29 is 28.8 Å². The molecule has 0 bridgehead atoms. The van der Waals surface area contributed by atoms with Gasteiger partial charge in [0.1, 0.15) is 18.1 Å². The number of piperazine rings is 1. The molecular weight excluding hydrogens is 400 g/mol. The molecule has 1 saturated heterocycles. The fourth-order valence-corrected chi connectivity index (χ4v) is 3.74. The minimum atomic E-state index is -0.0999. The lowest BCUT2D eigenvalue weighted by Gasteiger charge is -2.39. The second kappa shape index (κ2) is 11.0. The van der Waals surface area contributed by atoms with E-state index in [2.05, 4.69) is 21.9 Å². The van der Waals surface area contributed by atoms with E-state index in [-0.39, 0.29) is 12.6 Å². The van der Waals surface area contributed by atoms with Crippen LogP contribution < -0.4 is 28.6 Å². The van der Waals surface area contributed by atoms with E-state index >= 15 is 0 Å². The van der Waals surface area contributed by atoms with Crippen molar-refractivity contribution >= 4 is 5.69 Å². The maximum Gasteiger partial charge on any atom is 0.203 e. The Labute approximate surface area is 183 Å². The first-order valence-electron chi connectivity index (χ1n) is 10.3. The largest absolute Gasteiger partial charge is 0.497 e. The Morgan fingerprint density at radius 3 is 1.90 bits per heavy atom. The van der Waals surface area contributed by atoms with E-state index in [1.165, 1.54) is 5.69 Å². The number of rotatable bonds is 10. The Morgan fingerprint density at radius 1 is 0.806 bits per heavy atom. The maximum atomic E-state index is 9.96. The lowest BCUT2D eigenvalue weighted by atomic mass is 10.2. The molecule has 1 N–H and O–H groups in total. The van der Waals surface area contributed by atoms with Gasteiger partial charge in [0.2, 0.25) is 5.75 Å². The van der Waals surface area contributed by atoms with E-state index in [4.69, 9.17) is 23.7 Å². The quantitative estimate of drug-likeness (QED) is 0.613. The minimum Gasteiger partial charge on any atom is -0.497 e. The first-order chi connectivity index (χ1) is 15.1. The molecule has 2 aromatic carbocycles. The van der Waals surface area contributed by atoms with Crippen LogP contribution in [0.1, 0.15) is 0 Å². The summed E-state index contributed by atoms with van der Waals surface area (Å²) >= 11 is 0. The molecule has 1 atom stereocenters. The van der Waals surface area contributed by atoms with Crippen LogP contribution in [0.15, 0.2) is 36.4 Å². The van der Waals surface area contributed by atoms with E-state index in [9.17, 15) is 5.11 Å². The second-order valence-corrected chi connectivity index (χ2v) is 7.23. The van der Waals surface area contributed by atoms with Gasteiger partial charge >= 0.3 is 0 Å². The molecule has 0 spiro atoms. The van der Waals surface area contributed by atoms with Crippen LogP contribution in [0.4, 0.5) is 5.69 Å². The van der Waals surface area contributed by atoms with Crippen LogP contribution in [0.3, 0.4) is 0 Å². The van der Waals surface area contributed by atoms with Crippen molar-refractivity contribution in [2.45, 2.75) is 6.04 Å². The summed E-state index contributed by atoms with van der Waals surface area (Å²) in [7, 11) is 6.37. The Kier molecular flexibility index (Phi) is 8.08. The fourth-order valence-electron chi connectivity index (χ4n) is 3.74. The predicted octanol–water partition coefficient (Wildman–Crippen LogP) is 2.28. The SMILES string of the molecule is COc1ccc(N2CCN(C(CO)COc3cc(OC)c(OC)c(OC)c3)CC2)cc1. The average Bonchev–Trinajstić information content (AvgIpc) is 2.84. The highest BCUT2D eigenvalue weighted by Gasteiger charge is 2.24. The molecule has 8 heteroatoms. The van der Waals surface area contributed by atoms with Crippen molar-refractivity contribution in [2.75, 3.05) is 72.7 Å². The highest BCUT2D eigenvalue weighted by atomic mass is 16.5. The molecule has 1 fully saturated rings. The number of aliphatic hydroxyl groups is 1. The smallest absolute Gasteiger partial charge is 0.203 e. The summed E-state index contributed by atoms with van der Waals surface area (Å²) in [4.78, 5) is 4.60. The summed E-state index contributed by atoms with van der Waals surface area (Å²) in [5.74, 6) is 3.04. The molecule has 31 heavy (non-hydrogen) atoms. The van der Waals surface area contributed by atoms with Gasteiger partial charge in [-0.25, -0.2) is 0 Å². The zero-order valence-corrected chi connectivity index (χ0v) is 18.7. The number of anilines is 1. The normalized spacial score (nSPS) is 15.3. The Morgan fingerprint density at radius 2 is 1.42 bits per heavy atom.